The smallest absolute Gasteiger partial charge is 0.131 e. The van der Waals surface area contributed by atoms with Crippen LogP contribution in [0, 0.1) is 0 Å². The van der Waals surface area contributed by atoms with Crippen molar-refractivity contribution in [2.24, 2.45) is 0 Å². The van der Waals surface area contributed by atoms with Crippen LogP contribution < -0.4 is 9.47 Å². The monoisotopic (exact) mass is 297 g/mol. The molecule has 1 aliphatic heterocycles. The van der Waals surface area contributed by atoms with E-state index >= 15 is 0 Å². The van der Waals surface area contributed by atoms with Gasteiger partial charge in [0.2, 0.25) is 0 Å². The van der Waals surface area contributed by atoms with Crippen molar-refractivity contribution in [1.82, 2.24) is 4.98 Å². The van der Waals surface area contributed by atoms with Gasteiger partial charge in [-0.25, -0.2) is 4.98 Å². The van der Waals surface area contributed by atoms with Crippen LogP contribution in [0.2, 0.25) is 5.02 Å². The van der Waals surface area contributed by atoms with Crippen LogP contribution in [0.5, 0.6) is 11.5 Å². The number of rotatable bonds is 1. The van der Waals surface area contributed by atoms with Gasteiger partial charge < -0.3 is 9.47 Å². The molecule has 0 atom stereocenters. The number of para-hydroxylation sites is 1. The minimum atomic E-state index is 0.417. The molecule has 0 saturated carbocycles. The molecule has 4 rings (SSSR count). The Labute approximate surface area is 127 Å². The fourth-order valence-corrected chi connectivity index (χ4v) is 3.07. The van der Waals surface area contributed by atoms with Crippen molar-refractivity contribution in [2.75, 3.05) is 7.11 Å². The number of hydrogen-bond donors (Lipinski definition) is 0. The van der Waals surface area contributed by atoms with Gasteiger partial charge in [0, 0.05) is 22.6 Å². The Morgan fingerprint density at radius 2 is 2.05 bits per heavy atom. The number of ether oxygens (including phenoxy) is 2. The van der Waals surface area contributed by atoms with E-state index in [1.165, 1.54) is 0 Å². The number of nitrogens with zero attached hydrogens (tertiary/aromatic N) is 1. The van der Waals surface area contributed by atoms with E-state index in [2.05, 4.69) is 4.98 Å². The third-order valence-corrected chi connectivity index (χ3v) is 4.12. The van der Waals surface area contributed by atoms with Gasteiger partial charge in [-0.15, -0.1) is 0 Å². The Balaban J connectivity index is 2.03. The zero-order valence-corrected chi connectivity index (χ0v) is 12.1. The van der Waals surface area contributed by atoms with Crippen LogP contribution in [-0.2, 0) is 6.61 Å². The van der Waals surface area contributed by atoms with E-state index in [0.717, 1.165) is 44.2 Å². The maximum absolute atomic E-state index is 6.63. The summed E-state index contributed by atoms with van der Waals surface area (Å²) in [6.07, 6.45) is 0. The maximum Gasteiger partial charge on any atom is 0.131 e. The molecule has 0 fully saturated rings. The van der Waals surface area contributed by atoms with Crippen molar-refractivity contribution >= 4 is 22.5 Å². The van der Waals surface area contributed by atoms with Crippen LogP contribution >= 0.6 is 11.6 Å². The summed E-state index contributed by atoms with van der Waals surface area (Å²) in [4.78, 5) is 4.68. The number of benzene rings is 2. The molecule has 0 saturated heterocycles. The highest BCUT2D eigenvalue weighted by Crippen LogP contribution is 2.44. The SMILES string of the molecule is COc1ccc2c(c1)OCc1nc3ccccc3c(Cl)c1-2. The second-order valence-electron chi connectivity index (χ2n) is 4.92. The summed E-state index contributed by atoms with van der Waals surface area (Å²) < 4.78 is 11.0. The van der Waals surface area contributed by atoms with Gasteiger partial charge in [0.15, 0.2) is 0 Å². The molecular formula is C17H12ClNO2. The molecule has 21 heavy (non-hydrogen) atoms. The van der Waals surface area contributed by atoms with E-state index in [-0.39, 0.29) is 0 Å². The highest BCUT2D eigenvalue weighted by Gasteiger charge is 2.23. The van der Waals surface area contributed by atoms with Crippen LogP contribution in [-0.4, -0.2) is 12.1 Å². The Morgan fingerprint density at radius 3 is 2.90 bits per heavy atom. The maximum atomic E-state index is 6.63. The van der Waals surface area contributed by atoms with E-state index in [1.807, 2.05) is 42.5 Å². The van der Waals surface area contributed by atoms with E-state index in [1.54, 1.807) is 7.11 Å². The van der Waals surface area contributed by atoms with E-state index < -0.39 is 0 Å². The van der Waals surface area contributed by atoms with Crippen LogP contribution in [0.4, 0.5) is 0 Å². The number of hydrogen-bond acceptors (Lipinski definition) is 3. The number of fused-ring (bicyclic) bond motifs is 4. The van der Waals surface area contributed by atoms with E-state index in [0.29, 0.717) is 6.61 Å². The highest BCUT2D eigenvalue weighted by atomic mass is 35.5. The van der Waals surface area contributed by atoms with Crippen molar-refractivity contribution in [1.29, 1.82) is 0 Å². The Morgan fingerprint density at radius 1 is 1.19 bits per heavy atom. The molecule has 4 heteroatoms. The van der Waals surface area contributed by atoms with E-state index in [4.69, 9.17) is 21.1 Å². The number of pyridine rings is 1. The third-order valence-electron chi connectivity index (χ3n) is 3.73. The van der Waals surface area contributed by atoms with Gasteiger partial charge in [-0.1, -0.05) is 29.8 Å². The predicted molar refractivity (Wildman–Crippen MR) is 83.1 cm³/mol. The highest BCUT2D eigenvalue weighted by molar-refractivity contribution is 6.38. The lowest BCUT2D eigenvalue weighted by atomic mass is 9.98. The Bertz CT molecular complexity index is 861. The number of aromatic nitrogens is 1. The number of methoxy groups -OCH3 is 1. The quantitative estimate of drug-likeness (QED) is 0.664. The lowest BCUT2D eigenvalue weighted by Crippen LogP contribution is -2.08. The van der Waals surface area contributed by atoms with Gasteiger partial charge in [-0.05, 0) is 18.2 Å². The average Bonchev–Trinajstić information content (AvgIpc) is 2.54. The molecule has 1 aliphatic rings. The summed E-state index contributed by atoms with van der Waals surface area (Å²) in [7, 11) is 1.64. The van der Waals surface area contributed by atoms with Crippen molar-refractivity contribution < 1.29 is 9.47 Å². The summed E-state index contributed by atoms with van der Waals surface area (Å²) >= 11 is 6.63. The summed E-state index contributed by atoms with van der Waals surface area (Å²) in [5.41, 5.74) is 3.68. The minimum Gasteiger partial charge on any atom is -0.497 e. The zero-order chi connectivity index (χ0) is 14.4. The summed E-state index contributed by atoms with van der Waals surface area (Å²) in [5.74, 6) is 1.54. The lowest BCUT2D eigenvalue weighted by Gasteiger charge is -2.22. The van der Waals surface area contributed by atoms with Crippen LogP contribution in [0.1, 0.15) is 5.69 Å². The lowest BCUT2D eigenvalue weighted by molar-refractivity contribution is 0.295. The Hall–Kier alpha value is -2.26. The average molecular weight is 298 g/mol. The first kappa shape index (κ1) is 12.5. The molecular weight excluding hydrogens is 286 g/mol. The van der Waals surface area contributed by atoms with Gasteiger partial charge in [0.25, 0.3) is 0 Å². The molecule has 0 bridgehead atoms. The molecule has 3 nitrogen and oxygen atoms in total. The molecule has 2 heterocycles. The van der Waals surface area contributed by atoms with Crippen molar-refractivity contribution in [3.05, 3.63) is 53.2 Å². The second kappa shape index (κ2) is 4.64. The summed E-state index contributed by atoms with van der Waals surface area (Å²) in [5, 5.41) is 1.69. The largest absolute Gasteiger partial charge is 0.497 e. The van der Waals surface area contributed by atoms with Crippen molar-refractivity contribution in [3.8, 4) is 22.6 Å². The van der Waals surface area contributed by atoms with Gasteiger partial charge in [0.1, 0.15) is 18.1 Å². The molecule has 2 aromatic carbocycles. The van der Waals surface area contributed by atoms with Crippen LogP contribution in [0.15, 0.2) is 42.5 Å². The molecule has 0 aliphatic carbocycles. The predicted octanol–water partition coefficient (Wildman–Crippen LogP) is 4.46. The fourth-order valence-electron chi connectivity index (χ4n) is 2.70. The first-order chi connectivity index (χ1) is 10.3. The van der Waals surface area contributed by atoms with Gasteiger partial charge in [0.05, 0.1) is 23.3 Å². The van der Waals surface area contributed by atoms with Gasteiger partial charge in [-0.3, -0.25) is 0 Å². The minimum absolute atomic E-state index is 0.417. The summed E-state index contributed by atoms with van der Waals surface area (Å²) in [6.45, 7) is 0.417. The first-order valence-corrected chi connectivity index (χ1v) is 7.04. The van der Waals surface area contributed by atoms with Crippen LogP contribution in [0.3, 0.4) is 0 Å². The molecule has 3 aromatic rings. The van der Waals surface area contributed by atoms with Gasteiger partial charge in [-0.2, -0.15) is 0 Å². The second-order valence-corrected chi connectivity index (χ2v) is 5.29. The van der Waals surface area contributed by atoms with E-state index in [9.17, 15) is 0 Å². The number of halogens is 1. The van der Waals surface area contributed by atoms with Crippen molar-refractivity contribution in [3.63, 3.8) is 0 Å². The fraction of sp³-hybridized carbons (Fsp3) is 0.118. The van der Waals surface area contributed by atoms with Gasteiger partial charge >= 0.3 is 0 Å². The molecule has 104 valence electrons. The third kappa shape index (κ3) is 1.85. The topological polar surface area (TPSA) is 31.4 Å². The van der Waals surface area contributed by atoms with Crippen molar-refractivity contribution in [2.45, 2.75) is 6.61 Å². The molecule has 0 radical (unpaired) electrons. The van der Waals surface area contributed by atoms with Crippen LogP contribution in [0.25, 0.3) is 22.0 Å². The molecule has 0 spiro atoms. The standard InChI is InChI=1S/C17H12ClNO2/c1-20-10-6-7-12-15(8-10)21-9-14-16(12)17(18)11-4-2-3-5-13(11)19-14/h2-8H,9H2,1H3. The molecule has 0 amide bonds. The molecule has 0 unspecified atom stereocenters. The first-order valence-electron chi connectivity index (χ1n) is 6.66. The normalized spacial score (nSPS) is 12.5. The summed E-state index contributed by atoms with van der Waals surface area (Å²) in [6, 6.07) is 13.6. The zero-order valence-electron chi connectivity index (χ0n) is 11.4. The molecule has 1 aromatic heterocycles. The Kier molecular flexibility index (Phi) is 2.76. The molecule has 0 N–H and O–H groups in total.